The minimum atomic E-state index is 0.0736. The molecule has 2 nitrogen and oxygen atoms in total. The zero-order valence-corrected chi connectivity index (χ0v) is 24.2. The molecule has 3 heteroatoms. The first-order chi connectivity index (χ1) is 18.7. The van der Waals surface area contributed by atoms with E-state index >= 15 is 0 Å². The van der Waals surface area contributed by atoms with Crippen LogP contribution in [0.4, 0.5) is 28.4 Å². The van der Waals surface area contributed by atoms with E-state index in [4.69, 9.17) is 0 Å². The Balaban J connectivity index is 1.52. The van der Waals surface area contributed by atoms with Gasteiger partial charge in [0.2, 0.25) is 0 Å². The molecule has 3 heterocycles. The summed E-state index contributed by atoms with van der Waals surface area (Å²) in [6, 6.07) is 26.2. The van der Waals surface area contributed by atoms with Crippen LogP contribution in [0.15, 0.2) is 66.7 Å². The normalized spacial score (nSPS) is 23.8. The molecule has 3 aliphatic heterocycles. The lowest BCUT2D eigenvalue weighted by molar-refractivity contribution is 0.195. The third-order valence-electron chi connectivity index (χ3n) is 10.8. The van der Waals surface area contributed by atoms with Crippen molar-refractivity contribution in [2.24, 2.45) is 0 Å². The van der Waals surface area contributed by atoms with E-state index in [1.807, 2.05) is 0 Å². The highest BCUT2D eigenvalue weighted by Crippen LogP contribution is 2.61. The molecule has 0 N–H and O–H groups in total. The second-order valence-corrected chi connectivity index (χ2v) is 13.3. The van der Waals surface area contributed by atoms with Crippen LogP contribution in [0.5, 0.6) is 0 Å². The van der Waals surface area contributed by atoms with Gasteiger partial charge in [-0.15, -0.1) is 0 Å². The second kappa shape index (κ2) is 7.59. The number of benzene rings is 4. The number of rotatable bonds is 1. The van der Waals surface area contributed by atoms with E-state index in [0.717, 1.165) is 0 Å². The molecule has 0 bridgehead atoms. The Morgan fingerprint density at radius 3 is 2.10 bits per heavy atom. The predicted octanol–water partition coefficient (Wildman–Crippen LogP) is 7.28. The van der Waals surface area contributed by atoms with E-state index in [0.29, 0.717) is 0 Å². The van der Waals surface area contributed by atoms with Gasteiger partial charge in [0, 0.05) is 33.9 Å². The van der Waals surface area contributed by atoms with Crippen molar-refractivity contribution in [3.05, 3.63) is 94.5 Å². The van der Waals surface area contributed by atoms with Gasteiger partial charge in [0.25, 0.3) is 6.71 Å². The van der Waals surface area contributed by atoms with Crippen molar-refractivity contribution >= 4 is 51.5 Å². The third-order valence-corrected chi connectivity index (χ3v) is 10.8. The summed E-state index contributed by atoms with van der Waals surface area (Å²) in [7, 11) is 0. The van der Waals surface area contributed by atoms with Gasteiger partial charge < -0.3 is 9.80 Å². The lowest BCUT2D eigenvalue weighted by Crippen LogP contribution is -2.64. The maximum atomic E-state index is 2.83. The summed E-state index contributed by atoms with van der Waals surface area (Å²) in [5.74, 6) is 0. The molecule has 8 rings (SSSR count). The Bertz CT molecular complexity index is 1700. The van der Waals surface area contributed by atoms with Crippen LogP contribution < -0.4 is 26.2 Å². The van der Waals surface area contributed by atoms with Gasteiger partial charge in [-0.2, -0.15) is 0 Å². The summed E-state index contributed by atoms with van der Waals surface area (Å²) >= 11 is 0. The van der Waals surface area contributed by atoms with Gasteiger partial charge in [-0.1, -0.05) is 72.9 Å². The van der Waals surface area contributed by atoms with Crippen molar-refractivity contribution in [3.8, 4) is 0 Å². The summed E-state index contributed by atoms with van der Waals surface area (Å²) in [6.07, 6.45) is 5.13. The Labute approximate surface area is 233 Å². The maximum Gasteiger partial charge on any atom is 0.252 e. The lowest BCUT2D eigenvalue weighted by Gasteiger charge is -2.52. The Kier molecular flexibility index (Phi) is 4.56. The van der Waals surface area contributed by atoms with Gasteiger partial charge in [-0.3, -0.25) is 0 Å². The highest BCUT2D eigenvalue weighted by Gasteiger charge is 2.61. The average Bonchev–Trinajstić information content (AvgIpc) is 3.11. The molecular weight excluding hydrogens is 471 g/mol. The fourth-order valence-electron chi connectivity index (χ4n) is 8.72. The molecule has 1 fully saturated rings. The Morgan fingerprint density at radius 1 is 0.641 bits per heavy atom. The van der Waals surface area contributed by atoms with Crippen molar-refractivity contribution in [3.63, 3.8) is 0 Å². The molecule has 4 aromatic rings. The third kappa shape index (κ3) is 2.84. The SMILES string of the molecule is Cc1ccc(N2c3ccc(C)cc3B3c4cc(C)cc5c4N(c4cc(C)cc2c43)C2(C)CCCCC52C)cc1. The number of hydrogen-bond acceptors (Lipinski definition) is 2. The van der Waals surface area contributed by atoms with Gasteiger partial charge in [0.15, 0.2) is 0 Å². The van der Waals surface area contributed by atoms with Crippen molar-refractivity contribution in [1.29, 1.82) is 0 Å². The Morgan fingerprint density at radius 2 is 1.31 bits per heavy atom. The number of aryl methyl sites for hydroxylation is 4. The molecule has 0 radical (unpaired) electrons. The smallest absolute Gasteiger partial charge is 0.252 e. The highest BCUT2D eigenvalue weighted by atomic mass is 15.3. The second-order valence-electron chi connectivity index (χ2n) is 13.3. The molecule has 2 unspecified atom stereocenters. The summed E-state index contributed by atoms with van der Waals surface area (Å²) in [4.78, 5) is 5.36. The van der Waals surface area contributed by atoms with Crippen LogP contribution in [-0.2, 0) is 5.41 Å². The standard InChI is InChI=1S/C36H37BN2/c1-22-9-12-26(13-10-22)38-30-14-11-23(2)18-28(30)37-29-19-24(3)17-27-34(29)39(32-21-25(4)20-31(38)33(32)37)36(6)16-8-7-15-35(27,36)5/h9-14,17-21H,7-8,15-16H2,1-6H3. The van der Waals surface area contributed by atoms with Gasteiger partial charge in [0.05, 0.1) is 5.54 Å². The average molecular weight is 509 g/mol. The van der Waals surface area contributed by atoms with E-state index < -0.39 is 0 Å². The fourth-order valence-corrected chi connectivity index (χ4v) is 8.72. The van der Waals surface area contributed by atoms with Gasteiger partial charge >= 0.3 is 0 Å². The number of hydrogen-bond donors (Lipinski definition) is 0. The van der Waals surface area contributed by atoms with Crippen molar-refractivity contribution < 1.29 is 0 Å². The van der Waals surface area contributed by atoms with Crippen LogP contribution in [0.25, 0.3) is 0 Å². The molecule has 4 aromatic carbocycles. The molecule has 1 saturated carbocycles. The van der Waals surface area contributed by atoms with Crippen LogP contribution in [0.3, 0.4) is 0 Å². The summed E-state index contributed by atoms with van der Waals surface area (Å²) in [5.41, 5.74) is 18.4. The lowest BCUT2D eigenvalue weighted by atomic mass is 9.33. The van der Waals surface area contributed by atoms with E-state index in [9.17, 15) is 0 Å². The van der Waals surface area contributed by atoms with E-state index in [1.54, 1.807) is 5.56 Å². The summed E-state index contributed by atoms with van der Waals surface area (Å²) in [6.45, 7) is 14.4. The zero-order chi connectivity index (χ0) is 26.8. The molecule has 0 saturated heterocycles. The van der Waals surface area contributed by atoms with E-state index in [1.165, 1.54) is 92.8 Å². The van der Waals surface area contributed by atoms with Gasteiger partial charge in [-0.25, -0.2) is 0 Å². The first-order valence-corrected chi connectivity index (χ1v) is 14.8. The van der Waals surface area contributed by atoms with E-state index in [-0.39, 0.29) is 17.7 Å². The molecule has 0 aromatic heterocycles. The van der Waals surface area contributed by atoms with Crippen LogP contribution in [-0.4, -0.2) is 12.3 Å². The molecule has 1 aliphatic carbocycles. The van der Waals surface area contributed by atoms with Crippen LogP contribution in [0, 0.1) is 27.7 Å². The topological polar surface area (TPSA) is 6.48 Å². The summed E-state index contributed by atoms with van der Waals surface area (Å²) in [5, 5.41) is 0. The zero-order valence-electron chi connectivity index (χ0n) is 24.2. The molecule has 194 valence electrons. The number of fused-ring (bicyclic) bond motifs is 7. The molecule has 39 heavy (non-hydrogen) atoms. The van der Waals surface area contributed by atoms with Crippen LogP contribution >= 0.6 is 0 Å². The monoisotopic (exact) mass is 508 g/mol. The molecule has 0 amide bonds. The molecule has 4 aliphatic rings. The van der Waals surface area contributed by atoms with Crippen LogP contribution in [0.1, 0.15) is 67.3 Å². The molecule has 0 spiro atoms. The minimum Gasteiger partial charge on any atom is -0.335 e. The first-order valence-electron chi connectivity index (χ1n) is 14.8. The first kappa shape index (κ1) is 23.4. The number of anilines is 5. The Hall–Kier alpha value is -3.46. The van der Waals surface area contributed by atoms with Crippen molar-refractivity contribution in [2.75, 3.05) is 9.80 Å². The maximum absolute atomic E-state index is 2.83. The van der Waals surface area contributed by atoms with Gasteiger partial charge in [0.1, 0.15) is 0 Å². The predicted molar refractivity (Wildman–Crippen MR) is 168 cm³/mol. The van der Waals surface area contributed by atoms with Crippen LogP contribution in [0.2, 0.25) is 0 Å². The van der Waals surface area contributed by atoms with Gasteiger partial charge in [-0.05, 0) is 105 Å². The van der Waals surface area contributed by atoms with Crippen molar-refractivity contribution in [1.82, 2.24) is 0 Å². The summed E-state index contributed by atoms with van der Waals surface area (Å²) < 4.78 is 0. The quantitative estimate of drug-likeness (QED) is 0.220. The van der Waals surface area contributed by atoms with Crippen molar-refractivity contribution in [2.45, 2.75) is 78.2 Å². The highest BCUT2D eigenvalue weighted by molar-refractivity contribution is 7.00. The minimum absolute atomic E-state index is 0.0736. The molecule has 2 atom stereocenters. The van der Waals surface area contributed by atoms with E-state index in [2.05, 4.69) is 118 Å². The number of nitrogens with zero attached hydrogens (tertiary/aromatic N) is 2. The molecular formula is C36H37BN2. The largest absolute Gasteiger partial charge is 0.335 e. The fraction of sp³-hybridized carbons (Fsp3) is 0.333.